The molecule has 4 heteroatoms. The number of nitrogens with two attached hydrogens (primary N) is 1. The van der Waals surface area contributed by atoms with Gasteiger partial charge in [0.05, 0.1) is 19.3 Å². The Morgan fingerprint density at radius 2 is 2.50 bits per heavy atom. The molecule has 1 rings (SSSR count). The second-order valence-corrected chi connectivity index (χ2v) is 1.93. The van der Waals surface area contributed by atoms with E-state index in [2.05, 4.69) is 4.74 Å². The van der Waals surface area contributed by atoms with Gasteiger partial charge in [0.25, 0.3) is 0 Å². The van der Waals surface area contributed by atoms with E-state index in [0.29, 0.717) is 18.6 Å². The maximum Gasteiger partial charge on any atom is 0.339 e. The zero-order valence-electron chi connectivity index (χ0n) is 5.72. The second kappa shape index (κ2) is 2.60. The molecule has 0 spiro atoms. The molecule has 0 atom stereocenters. The van der Waals surface area contributed by atoms with Crippen molar-refractivity contribution in [1.82, 2.24) is 0 Å². The van der Waals surface area contributed by atoms with Crippen molar-refractivity contribution in [3.05, 3.63) is 11.5 Å². The van der Waals surface area contributed by atoms with E-state index in [1.165, 1.54) is 7.11 Å². The number of carbonyl (C=O) groups excluding carboxylic acids is 1. The number of esters is 1. The first-order valence-electron chi connectivity index (χ1n) is 2.95. The minimum Gasteiger partial charge on any atom is -0.479 e. The monoisotopic (exact) mass is 143 g/mol. The van der Waals surface area contributed by atoms with Crippen LogP contribution < -0.4 is 5.73 Å². The van der Waals surface area contributed by atoms with Crippen molar-refractivity contribution in [3.63, 3.8) is 0 Å². The zero-order chi connectivity index (χ0) is 7.56. The quantitative estimate of drug-likeness (QED) is 0.514. The molecule has 0 aromatic carbocycles. The van der Waals surface area contributed by atoms with E-state index >= 15 is 0 Å². The summed E-state index contributed by atoms with van der Waals surface area (Å²) in [7, 11) is 1.32. The van der Waals surface area contributed by atoms with Crippen LogP contribution in [0.15, 0.2) is 11.5 Å². The molecule has 2 N–H and O–H groups in total. The van der Waals surface area contributed by atoms with Crippen molar-refractivity contribution in [2.24, 2.45) is 5.73 Å². The van der Waals surface area contributed by atoms with Crippen molar-refractivity contribution in [3.8, 4) is 0 Å². The van der Waals surface area contributed by atoms with E-state index in [0.717, 1.165) is 0 Å². The molecule has 0 aromatic heterocycles. The van der Waals surface area contributed by atoms with Crippen LogP contribution in [0, 0.1) is 0 Å². The van der Waals surface area contributed by atoms with Crippen molar-refractivity contribution in [2.45, 2.75) is 6.42 Å². The predicted octanol–water partition coefficient (Wildman–Crippen LogP) is -0.250. The molecule has 0 unspecified atom stereocenters. The lowest BCUT2D eigenvalue weighted by molar-refractivity contribution is -0.136. The lowest BCUT2D eigenvalue weighted by Gasteiger charge is -1.96. The summed E-state index contributed by atoms with van der Waals surface area (Å²) in [5.74, 6) is -0.193. The third-order valence-electron chi connectivity index (χ3n) is 1.34. The number of hydrogen-bond acceptors (Lipinski definition) is 4. The summed E-state index contributed by atoms with van der Waals surface area (Å²) >= 11 is 0. The van der Waals surface area contributed by atoms with E-state index in [-0.39, 0.29) is 5.88 Å². The molecule has 10 heavy (non-hydrogen) atoms. The van der Waals surface area contributed by atoms with Gasteiger partial charge >= 0.3 is 5.97 Å². The molecule has 0 fully saturated rings. The lowest BCUT2D eigenvalue weighted by atomic mass is 10.2. The summed E-state index contributed by atoms with van der Waals surface area (Å²) in [6.07, 6.45) is 0.554. The van der Waals surface area contributed by atoms with E-state index in [1.807, 2.05) is 0 Å². The fourth-order valence-electron chi connectivity index (χ4n) is 0.799. The molecule has 4 nitrogen and oxygen atoms in total. The molecular formula is C6H9NO3. The summed E-state index contributed by atoms with van der Waals surface area (Å²) in [6, 6.07) is 0. The van der Waals surface area contributed by atoms with Crippen LogP contribution in [-0.2, 0) is 14.3 Å². The van der Waals surface area contributed by atoms with E-state index in [1.54, 1.807) is 0 Å². The highest BCUT2D eigenvalue weighted by Gasteiger charge is 2.20. The van der Waals surface area contributed by atoms with E-state index in [4.69, 9.17) is 10.5 Å². The number of rotatable bonds is 1. The molecular weight excluding hydrogens is 134 g/mol. The Morgan fingerprint density at radius 1 is 1.80 bits per heavy atom. The molecule has 0 saturated heterocycles. The van der Waals surface area contributed by atoms with Gasteiger partial charge in [-0.2, -0.15) is 0 Å². The molecule has 0 aromatic rings. The minimum absolute atomic E-state index is 0.201. The Morgan fingerprint density at radius 3 is 2.90 bits per heavy atom. The SMILES string of the molecule is COC(=O)C1=C(N)OCC1. The van der Waals surface area contributed by atoms with Crippen molar-refractivity contribution in [2.75, 3.05) is 13.7 Å². The predicted molar refractivity (Wildman–Crippen MR) is 33.8 cm³/mol. The van der Waals surface area contributed by atoms with Crippen LogP contribution in [0.25, 0.3) is 0 Å². The summed E-state index contributed by atoms with van der Waals surface area (Å²) < 4.78 is 9.29. The van der Waals surface area contributed by atoms with Gasteiger partial charge in [0.15, 0.2) is 5.88 Å². The Labute approximate surface area is 58.6 Å². The highest BCUT2D eigenvalue weighted by molar-refractivity contribution is 5.89. The van der Waals surface area contributed by atoms with Crippen LogP contribution >= 0.6 is 0 Å². The molecule has 0 saturated carbocycles. The molecule has 1 heterocycles. The Kier molecular flexibility index (Phi) is 1.80. The van der Waals surface area contributed by atoms with Crippen LogP contribution in [0.2, 0.25) is 0 Å². The first-order valence-corrected chi connectivity index (χ1v) is 2.95. The van der Waals surface area contributed by atoms with Crippen LogP contribution in [-0.4, -0.2) is 19.7 Å². The van der Waals surface area contributed by atoms with Crippen molar-refractivity contribution < 1.29 is 14.3 Å². The van der Waals surface area contributed by atoms with Crippen LogP contribution in [0.3, 0.4) is 0 Å². The topological polar surface area (TPSA) is 61.5 Å². The number of ether oxygens (including phenoxy) is 2. The maximum absolute atomic E-state index is 10.8. The molecule has 0 bridgehead atoms. The molecule has 1 aliphatic rings. The van der Waals surface area contributed by atoms with Crippen molar-refractivity contribution in [1.29, 1.82) is 0 Å². The van der Waals surface area contributed by atoms with Gasteiger partial charge in [0, 0.05) is 6.42 Å². The Hall–Kier alpha value is -1.19. The molecule has 0 aliphatic carbocycles. The fourth-order valence-corrected chi connectivity index (χ4v) is 0.799. The van der Waals surface area contributed by atoms with Gasteiger partial charge in [0.1, 0.15) is 0 Å². The summed E-state index contributed by atoms with van der Waals surface area (Å²) in [4.78, 5) is 10.8. The van der Waals surface area contributed by atoms with Crippen LogP contribution in [0.4, 0.5) is 0 Å². The third-order valence-corrected chi connectivity index (χ3v) is 1.34. The standard InChI is InChI=1S/C6H9NO3/c1-9-6(8)4-2-3-10-5(4)7/h2-3,7H2,1H3. The van der Waals surface area contributed by atoms with Gasteiger partial charge in [-0.25, -0.2) is 4.79 Å². The first kappa shape index (κ1) is 6.92. The summed E-state index contributed by atoms with van der Waals surface area (Å²) in [5, 5.41) is 0. The lowest BCUT2D eigenvalue weighted by Crippen LogP contribution is -2.08. The number of hydrogen-bond donors (Lipinski definition) is 1. The molecule has 0 radical (unpaired) electrons. The van der Waals surface area contributed by atoms with E-state index < -0.39 is 5.97 Å². The van der Waals surface area contributed by atoms with E-state index in [9.17, 15) is 4.79 Å². The van der Waals surface area contributed by atoms with Crippen molar-refractivity contribution >= 4 is 5.97 Å². The summed E-state index contributed by atoms with van der Waals surface area (Å²) in [5.41, 5.74) is 5.76. The fraction of sp³-hybridized carbons (Fsp3) is 0.500. The normalized spacial score (nSPS) is 16.9. The molecule has 1 aliphatic heterocycles. The number of methoxy groups -OCH3 is 1. The second-order valence-electron chi connectivity index (χ2n) is 1.93. The average molecular weight is 143 g/mol. The number of carbonyl (C=O) groups is 1. The van der Waals surface area contributed by atoms with Gasteiger partial charge in [-0.05, 0) is 0 Å². The van der Waals surface area contributed by atoms with Gasteiger partial charge < -0.3 is 15.2 Å². The van der Waals surface area contributed by atoms with Crippen LogP contribution in [0.5, 0.6) is 0 Å². The summed E-state index contributed by atoms with van der Waals surface area (Å²) in [6.45, 7) is 0.482. The van der Waals surface area contributed by atoms with Gasteiger partial charge in [-0.3, -0.25) is 0 Å². The smallest absolute Gasteiger partial charge is 0.339 e. The molecule has 0 amide bonds. The largest absolute Gasteiger partial charge is 0.479 e. The maximum atomic E-state index is 10.8. The molecule has 56 valence electrons. The highest BCUT2D eigenvalue weighted by atomic mass is 16.5. The Bertz CT molecular complexity index is 185. The Balaban J connectivity index is 2.71. The highest BCUT2D eigenvalue weighted by Crippen LogP contribution is 2.15. The van der Waals surface area contributed by atoms with Gasteiger partial charge in [0.2, 0.25) is 0 Å². The first-order chi connectivity index (χ1) is 4.75. The third kappa shape index (κ3) is 1.05. The van der Waals surface area contributed by atoms with Gasteiger partial charge in [-0.15, -0.1) is 0 Å². The average Bonchev–Trinajstić information content (AvgIpc) is 2.34. The van der Waals surface area contributed by atoms with Crippen LogP contribution in [0.1, 0.15) is 6.42 Å². The van der Waals surface area contributed by atoms with Gasteiger partial charge in [-0.1, -0.05) is 0 Å². The zero-order valence-corrected chi connectivity index (χ0v) is 5.72. The minimum atomic E-state index is -0.394.